The lowest BCUT2D eigenvalue weighted by molar-refractivity contribution is -0.131. The molecule has 8 nitrogen and oxygen atoms in total. The topological polar surface area (TPSA) is 117 Å². The summed E-state index contributed by atoms with van der Waals surface area (Å²) >= 11 is 0. The van der Waals surface area contributed by atoms with E-state index >= 15 is 0 Å². The fraction of sp³-hybridized carbons (Fsp3) is 0.545. The fourth-order valence-corrected chi connectivity index (χ4v) is 6.39. The molecule has 6 rings (SSSR count). The van der Waals surface area contributed by atoms with Crippen molar-refractivity contribution in [2.24, 2.45) is 23.2 Å². The van der Waals surface area contributed by atoms with Gasteiger partial charge in [0.25, 0.3) is 0 Å². The average Bonchev–Trinajstić information content (AvgIpc) is 3.12. The molecule has 4 bridgehead atoms. The smallest absolute Gasteiger partial charge is 0.347 e. The molecule has 0 aliphatic heterocycles. The summed E-state index contributed by atoms with van der Waals surface area (Å²) in [6.45, 7) is -0.0593. The molecule has 0 saturated heterocycles. The summed E-state index contributed by atoms with van der Waals surface area (Å²) in [5.41, 5.74) is 1.33. The SMILES string of the molecule is O=C(CC12CC3CC(CC(C3)C1)C2)NCC(=O)Nc1cccc(-c2noc(=O)[nH]2)c1. The number of H-pyrrole nitrogens is 1. The van der Waals surface area contributed by atoms with Gasteiger partial charge in [-0.2, -0.15) is 0 Å². The molecular formula is C22H26N4O4. The zero-order valence-electron chi connectivity index (χ0n) is 16.8. The summed E-state index contributed by atoms with van der Waals surface area (Å²) in [5.74, 6) is 1.75. The number of nitrogens with one attached hydrogen (secondary N) is 3. The first-order valence-electron chi connectivity index (χ1n) is 10.7. The summed E-state index contributed by atoms with van der Waals surface area (Å²) in [4.78, 5) is 38.5. The van der Waals surface area contributed by atoms with E-state index in [1.54, 1.807) is 24.3 Å². The maximum Gasteiger partial charge on any atom is 0.439 e. The van der Waals surface area contributed by atoms with Crippen LogP contribution >= 0.6 is 0 Å². The lowest BCUT2D eigenvalue weighted by Gasteiger charge is -2.56. The molecule has 3 N–H and O–H groups in total. The number of carbonyl (C=O) groups is 2. The van der Waals surface area contributed by atoms with Crippen LogP contribution in [0, 0.1) is 23.2 Å². The van der Waals surface area contributed by atoms with Crippen LogP contribution in [0.3, 0.4) is 0 Å². The second-order valence-electron chi connectivity index (χ2n) is 9.44. The van der Waals surface area contributed by atoms with Crippen molar-refractivity contribution in [1.29, 1.82) is 0 Å². The van der Waals surface area contributed by atoms with E-state index in [4.69, 9.17) is 0 Å². The van der Waals surface area contributed by atoms with Crippen molar-refractivity contribution in [2.45, 2.75) is 44.9 Å². The Morgan fingerprint density at radius 1 is 1.10 bits per heavy atom. The van der Waals surface area contributed by atoms with Crippen LogP contribution in [0.4, 0.5) is 5.69 Å². The van der Waals surface area contributed by atoms with Crippen LogP contribution in [-0.4, -0.2) is 28.5 Å². The molecule has 4 saturated carbocycles. The highest BCUT2D eigenvalue weighted by Crippen LogP contribution is 2.61. The van der Waals surface area contributed by atoms with Crippen LogP contribution < -0.4 is 16.4 Å². The molecule has 4 aliphatic rings. The standard InChI is InChI=1S/C22H26N4O4/c27-18(11-22-8-13-4-14(9-22)6-15(5-13)10-22)23-12-19(28)24-17-3-1-2-16(7-17)20-25-21(29)30-26-20/h1-3,7,13-15H,4-6,8-12H2,(H,23,27)(H,24,28)(H,25,26,29). The predicted molar refractivity (Wildman–Crippen MR) is 109 cm³/mol. The van der Waals surface area contributed by atoms with Gasteiger partial charge in [-0.3, -0.25) is 19.1 Å². The van der Waals surface area contributed by atoms with Crippen molar-refractivity contribution in [2.75, 3.05) is 11.9 Å². The zero-order valence-corrected chi connectivity index (χ0v) is 16.8. The lowest BCUT2D eigenvalue weighted by atomic mass is 9.49. The van der Waals surface area contributed by atoms with Crippen molar-refractivity contribution < 1.29 is 14.1 Å². The van der Waals surface area contributed by atoms with Gasteiger partial charge >= 0.3 is 5.76 Å². The van der Waals surface area contributed by atoms with Crippen LogP contribution in [0.1, 0.15) is 44.9 Å². The van der Waals surface area contributed by atoms with Crippen molar-refractivity contribution in [3.8, 4) is 11.4 Å². The average molecular weight is 410 g/mol. The highest BCUT2D eigenvalue weighted by molar-refractivity contribution is 5.95. The first-order chi connectivity index (χ1) is 14.5. The van der Waals surface area contributed by atoms with Gasteiger partial charge in [-0.05, 0) is 73.8 Å². The van der Waals surface area contributed by atoms with Gasteiger partial charge in [0.05, 0.1) is 6.54 Å². The number of aromatic nitrogens is 2. The fourth-order valence-electron chi connectivity index (χ4n) is 6.39. The maximum atomic E-state index is 12.6. The second kappa shape index (κ2) is 7.41. The Kier molecular flexibility index (Phi) is 4.72. The van der Waals surface area contributed by atoms with Crippen LogP contribution in [0.5, 0.6) is 0 Å². The van der Waals surface area contributed by atoms with Crippen molar-refractivity contribution in [1.82, 2.24) is 15.5 Å². The molecule has 0 atom stereocenters. The van der Waals surface area contributed by atoms with Gasteiger partial charge in [-0.15, -0.1) is 0 Å². The van der Waals surface area contributed by atoms with E-state index in [1.807, 2.05) is 0 Å². The number of benzene rings is 1. The lowest BCUT2D eigenvalue weighted by Crippen LogP contribution is -2.48. The Labute approximate surface area is 173 Å². The Hall–Kier alpha value is -2.90. The van der Waals surface area contributed by atoms with E-state index in [9.17, 15) is 14.4 Å². The van der Waals surface area contributed by atoms with E-state index < -0.39 is 5.76 Å². The maximum absolute atomic E-state index is 12.6. The molecule has 1 aromatic heterocycles. The first-order valence-corrected chi connectivity index (χ1v) is 10.7. The van der Waals surface area contributed by atoms with Gasteiger partial charge in [0.15, 0.2) is 5.82 Å². The number of hydrogen-bond acceptors (Lipinski definition) is 5. The van der Waals surface area contributed by atoms with Crippen LogP contribution in [-0.2, 0) is 9.59 Å². The van der Waals surface area contributed by atoms with E-state index in [1.165, 1.54) is 38.5 Å². The highest BCUT2D eigenvalue weighted by atomic mass is 16.5. The Morgan fingerprint density at radius 3 is 2.43 bits per heavy atom. The molecule has 0 unspecified atom stereocenters. The molecule has 0 radical (unpaired) electrons. The molecule has 1 heterocycles. The van der Waals surface area contributed by atoms with Gasteiger partial charge in [0.2, 0.25) is 11.8 Å². The number of rotatable bonds is 6. The molecule has 4 fully saturated rings. The van der Waals surface area contributed by atoms with Crippen LogP contribution in [0.2, 0.25) is 0 Å². The molecule has 4 aliphatic carbocycles. The molecule has 1 aromatic carbocycles. The van der Waals surface area contributed by atoms with Gasteiger partial charge < -0.3 is 10.6 Å². The molecule has 2 aromatic rings. The molecule has 30 heavy (non-hydrogen) atoms. The summed E-state index contributed by atoms with van der Waals surface area (Å²) in [6, 6.07) is 6.90. The summed E-state index contributed by atoms with van der Waals surface area (Å²) in [6.07, 6.45) is 8.12. The van der Waals surface area contributed by atoms with E-state index in [2.05, 4.69) is 25.3 Å². The zero-order chi connectivity index (χ0) is 20.7. The van der Waals surface area contributed by atoms with Crippen molar-refractivity contribution in [3.63, 3.8) is 0 Å². The monoisotopic (exact) mass is 410 g/mol. The van der Waals surface area contributed by atoms with E-state index in [0.717, 1.165) is 17.8 Å². The third-order valence-electron chi connectivity index (χ3n) is 7.01. The van der Waals surface area contributed by atoms with Crippen molar-refractivity contribution >= 4 is 17.5 Å². The highest BCUT2D eigenvalue weighted by Gasteiger charge is 2.51. The normalized spacial score (nSPS) is 29.0. The van der Waals surface area contributed by atoms with E-state index in [-0.39, 0.29) is 23.8 Å². The number of nitrogens with zero attached hydrogens (tertiary/aromatic N) is 1. The quantitative estimate of drug-likeness (QED) is 0.677. The number of hydrogen-bond donors (Lipinski definition) is 3. The third-order valence-corrected chi connectivity index (χ3v) is 7.01. The minimum absolute atomic E-state index is 0.0268. The predicted octanol–water partition coefficient (Wildman–Crippen LogP) is 2.69. The second-order valence-corrected chi connectivity index (χ2v) is 9.44. The van der Waals surface area contributed by atoms with Gasteiger partial charge in [-0.1, -0.05) is 17.3 Å². The largest absolute Gasteiger partial charge is 0.439 e. The van der Waals surface area contributed by atoms with Crippen molar-refractivity contribution in [3.05, 3.63) is 34.8 Å². The molecule has 0 spiro atoms. The minimum atomic E-state index is -0.638. The summed E-state index contributed by atoms with van der Waals surface area (Å²) < 4.78 is 4.51. The van der Waals surface area contributed by atoms with Crippen LogP contribution in [0.25, 0.3) is 11.4 Å². The van der Waals surface area contributed by atoms with Gasteiger partial charge in [0.1, 0.15) is 0 Å². The number of amides is 2. The molecule has 8 heteroatoms. The summed E-state index contributed by atoms with van der Waals surface area (Å²) in [5, 5.41) is 9.21. The number of anilines is 1. The minimum Gasteiger partial charge on any atom is -0.347 e. The molecular weight excluding hydrogens is 384 g/mol. The number of carbonyl (C=O) groups excluding carboxylic acids is 2. The van der Waals surface area contributed by atoms with Crippen LogP contribution in [0.15, 0.2) is 33.6 Å². The Morgan fingerprint density at radius 2 is 1.80 bits per heavy atom. The van der Waals surface area contributed by atoms with Gasteiger partial charge in [0, 0.05) is 17.7 Å². The molecule has 2 amide bonds. The summed E-state index contributed by atoms with van der Waals surface area (Å²) in [7, 11) is 0. The van der Waals surface area contributed by atoms with Gasteiger partial charge in [-0.25, -0.2) is 4.79 Å². The third kappa shape index (κ3) is 3.91. The Bertz CT molecular complexity index is 989. The number of aromatic amines is 1. The molecule has 158 valence electrons. The van der Waals surface area contributed by atoms with E-state index in [0.29, 0.717) is 23.5 Å². The first kappa shape index (κ1) is 19.1. The Balaban J connectivity index is 1.14.